The number of azo groups is 1. The van der Waals surface area contributed by atoms with Crippen LogP contribution in [-0.2, 0) is 9.16 Å². The minimum absolute atomic E-state index is 0.298. The fourth-order valence-corrected chi connectivity index (χ4v) is 3.63. The van der Waals surface area contributed by atoms with Crippen LogP contribution in [0.1, 0.15) is 46.5 Å². The van der Waals surface area contributed by atoms with E-state index in [0.29, 0.717) is 6.61 Å². The molecule has 0 aromatic carbocycles. The predicted octanol–water partition coefficient (Wildman–Crippen LogP) is 4.06. The Balaban J connectivity index is 4.02. The second kappa shape index (κ2) is 11.8. The summed E-state index contributed by atoms with van der Waals surface area (Å²) in [6, 6.07) is 1.85. The number of ether oxygens (including phenoxy) is 1. The maximum Gasteiger partial charge on any atom is 0.452 e. The molecule has 0 saturated carbocycles. The monoisotopic (exact) mass is 288 g/mol. The van der Waals surface area contributed by atoms with E-state index < -0.39 is 21.2 Å². The van der Waals surface area contributed by atoms with Crippen molar-refractivity contribution in [2.24, 2.45) is 10.2 Å². The lowest BCUT2D eigenvalue weighted by atomic mass is 10.4. The highest BCUT2D eigenvalue weighted by molar-refractivity contribution is 6.53. The Bertz CT molecular complexity index is 291. The molecule has 0 aliphatic rings. The Hall–Kier alpha value is -1.24. The first kappa shape index (κ1) is 17.8. The quantitative estimate of drug-likeness (QED) is 0.383. The van der Waals surface area contributed by atoms with Crippen molar-refractivity contribution in [1.29, 1.82) is 0 Å². The molecule has 0 N–H and O–H groups in total. The molecule has 0 aromatic heterocycles. The van der Waals surface area contributed by atoms with Crippen molar-refractivity contribution in [3.05, 3.63) is 0 Å². The summed E-state index contributed by atoms with van der Waals surface area (Å²) in [5.41, 5.74) is 0. The number of rotatable bonds is 8. The van der Waals surface area contributed by atoms with E-state index in [1.165, 1.54) is 0 Å². The van der Waals surface area contributed by atoms with E-state index in [1.54, 1.807) is 0 Å². The molecule has 0 fully saturated rings. The molecule has 0 saturated heterocycles. The van der Waals surface area contributed by atoms with Crippen molar-refractivity contribution in [3.8, 4) is 0 Å². The normalized spacial score (nSPS) is 10.9. The Morgan fingerprint density at radius 3 is 2.05 bits per heavy atom. The summed E-state index contributed by atoms with van der Waals surface area (Å²) >= 11 is 0. The van der Waals surface area contributed by atoms with E-state index in [-0.39, 0.29) is 0 Å². The van der Waals surface area contributed by atoms with E-state index in [0.717, 1.165) is 37.8 Å². The summed E-state index contributed by atoms with van der Waals surface area (Å²) in [5.74, 6) is 0. The van der Waals surface area contributed by atoms with Crippen molar-refractivity contribution in [1.82, 2.24) is 0 Å². The molecule has 19 heavy (non-hydrogen) atoms. The summed E-state index contributed by atoms with van der Waals surface area (Å²) in [4.78, 5) is 22.5. The molecule has 0 heterocycles. The third-order valence-corrected chi connectivity index (χ3v) is 5.40. The van der Waals surface area contributed by atoms with Gasteiger partial charge in [0.2, 0.25) is 9.04 Å². The largest absolute Gasteiger partial charge is 0.504 e. The highest BCUT2D eigenvalue weighted by Gasteiger charge is 2.15. The molecule has 0 bridgehead atoms. The van der Waals surface area contributed by atoms with Crippen LogP contribution >= 0.6 is 0 Å². The second-order valence-corrected chi connectivity index (χ2v) is 6.89. The standard InChI is InChI=1S/C12H24N2O4Si/c1-4-7-8-17-11(15)13-14-12(16)18-19(9-5-2)10-6-3/h19H,4-10H2,1-3H3. The van der Waals surface area contributed by atoms with Crippen LogP contribution in [0.3, 0.4) is 0 Å². The average molecular weight is 288 g/mol. The third-order valence-electron chi connectivity index (χ3n) is 2.43. The summed E-state index contributed by atoms with van der Waals surface area (Å²) < 4.78 is 9.98. The van der Waals surface area contributed by atoms with Crippen LogP contribution in [0.5, 0.6) is 0 Å². The minimum Gasteiger partial charge on any atom is -0.504 e. The fourth-order valence-electron chi connectivity index (χ4n) is 1.49. The first-order valence-corrected chi connectivity index (χ1v) is 9.03. The van der Waals surface area contributed by atoms with Crippen LogP contribution in [0.25, 0.3) is 0 Å². The molecule has 0 rings (SSSR count). The smallest absolute Gasteiger partial charge is 0.452 e. The van der Waals surface area contributed by atoms with Crippen LogP contribution in [0.15, 0.2) is 10.2 Å². The van der Waals surface area contributed by atoms with Gasteiger partial charge in [0.25, 0.3) is 0 Å². The second-order valence-electron chi connectivity index (χ2n) is 4.25. The predicted molar refractivity (Wildman–Crippen MR) is 74.9 cm³/mol. The van der Waals surface area contributed by atoms with Gasteiger partial charge in [0.05, 0.1) is 6.61 Å². The van der Waals surface area contributed by atoms with Gasteiger partial charge in [-0.25, -0.2) is 9.59 Å². The first-order valence-electron chi connectivity index (χ1n) is 6.93. The van der Waals surface area contributed by atoms with Crippen molar-refractivity contribution in [2.75, 3.05) is 6.61 Å². The molecule has 2 amide bonds. The Morgan fingerprint density at radius 1 is 0.947 bits per heavy atom. The lowest BCUT2D eigenvalue weighted by Crippen LogP contribution is -2.20. The molecule has 0 aliphatic carbocycles. The van der Waals surface area contributed by atoms with Crippen LogP contribution in [0, 0.1) is 0 Å². The van der Waals surface area contributed by atoms with E-state index in [4.69, 9.17) is 9.16 Å². The van der Waals surface area contributed by atoms with Crippen molar-refractivity contribution < 1.29 is 18.8 Å². The summed E-state index contributed by atoms with van der Waals surface area (Å²) in [7, 11) is -1.54. The fraction of sp³-hybridized carbons (Fsp3) is 0.833. The van der Waals surface area contributed by atoms with Gasteiger partial charge in [-0.1, -0.05) is 50.3 Å². The highest BCUT2D eigenvalue weighted by atomic mass is 28.3. The Kier molecular flexibility index (Phi) is 11.1. The summed E-state index contributed by atoms with van der Waals surface area (Å²) in [6.07, 6.45) is 2.06. The van der Waals surface area contributed by atoms with Gasteiger partial charge in [0.1, 0.15) is 0 Å². The topological polar surface area (TPSA) is 77.3 Å². The van der Waals surface area contributed by atoms with Crippen molar-refractivity contribution >= 4 is 21.2 Å². The van der Waals surface area contributed by atoms with Crippen LogP contribution < -0.4 is 0 Å². The molecule has 6 nitrogen and oxygen atoms in total. The number of nitrogens with zero attached hydrogens (tertiary/aromatic N) is 2. The van der Waals surface area contributed by atoms with Gasteiger partial charge in [-0.15, -0.1) is 0 Å². The molecular weight excluding hydrogens is 264 g/mol. The van der Waals surface area contributed by atoms with Gasteiger partial charge in [0, 0.05) is 0 Å². The molecule has 0 spiro atoms. The maximum atomic E-state index is 11.4. The van der Waals surface area contributed by atoms with Gasteiger partial charge >= 0.3 is 12.2 Å². The third kappa shape index (κ3) is 10.4. The molecule has 0 aliphatic heterocycles. The molecule has 0 atom stereocenters. The van der Waals surface area contributed by atoms with Gasteiger partial charge in [-0.3, -0.25) is 0 Å². The molecule has 7 heteroatoms. The van der Waals surface area contributed by atoms with E-state index >= 15 is 0 Å². The molecular formula is C12H24N2O4Si. The van der Waals surface area contributed by atoms with Crippen LogP contribution in [0.4, 0.5) is 9.59 Å². The SMILES string of the molecule is CCCCOC(=O)N=NC(=O)O[SiH](CCC)CCC. The number of carbonyl (C=O) groups is 2. The van der Waals surface area contributed by atoms with Crippen molar-refractivity contribution in [2.45, 2.75) is 58.5 Å². The van der Waals surface area contributed by atoms with E-state index in [1.807, 2.05) is 6.92 Å². The molecule has 110 valence electrons. The Labute approximate surface area is 116 Å². The zero-order chi connectivity index (χ0) is 14.5. The first-order chi connectivity index (χ1) is 9.13. The summed E-state index contributed by atoms with van der Waals surface area (Å²) in [5, 5.41) is 6.41. The molecule has 0 aromatic rings. The number of carbonyl (C=O) groups excluding carboxylic acids is 2. The van der Waals surface area contributed by atoms with Crippen LogP contribution in [0.2, 0.25) is 12.1 Å². The lowest BCUT2D eigenvalue weighted by Gasteiger charge is -2.11. The van der Waals surface area contributed by atoms with Gasteiger partial charge in [-0.05, 0) is 18.5 Å². The molecule has 0 radical (unpaired) electrons. The average Bonchev–Trinajstić information content (AvgIpc) is 2.37. The van der Waals surface area contributed by atoms with Gasteiger partial charge in [-0.2, -0.15) is 0 Å². The number of hydrogen-bond donors (Lipinski definition) is 0. The highest BCUT2D eigenvalue weighted by Crippen LogP contribution is 2.08. The van der Waals surface area contributed by atoms with Gasteiger partial charge < -0.3 is 9.16 Å². The zero-order valence-corrected chi connectivity index (χ0v) is 13.2. The van der Waals surface area contributed by atoms with Crippen molar-refractivity contribution in [3.63, 3.8) is 0 Å². The van der Waals surface area contributed by atoms with Crippen LogP contribution in [-0.4, -0.2) is 27.8 Å². The van der Waals surface area contributed by atoms with E-state index in [9.17, 15) is 9.59 Å². The maximum absolute atomic E-state index is 11.4. The Morgan fingerprint density at radius 2 is 1.53 bits per heavy atom. The molecule has 0 unspecified atom stereocenters. The minimum atomic E-state index is -1.54. The number of unbranched alkanes of at least 4 members (excludes halogenated alkanes) is 1. The van der Waals surface area contributed by atoms with Gasteiger partial charge in [0.15, 0.2) is 0 Å². The van der Waals surface area contributed by atoms with E-state index in [2.05, 4.69) is 24.1 Å². The number of hydrogen-bond acceptors (Lipinski definition) is 4. The zero-order valence-electron chi connectivity index (χ0n) is 12.1. The number of amides is 2. The lowest BCUT2D eigenvalue weighted by molar-refractivity contribution is 0.152. The summed E-state index contributed by atoms with van der Waals surface area (Å²) in [6.45, 7) is 6.39.